The van der Waals surface area contributed by atoms with Crippen LogP contribution in [-0.2, 0) is 19.7 Å². The van der Waals surface area contributed by atoms with E-state index in [-0.39, 0.29) is 32.5 Å². The van der Waals surface area contributed by atoms with E-state index < -0.39 is 71.1 Å². The third-order valence-electron chi connectivity index (χ3n) is 12.3. The van der Waals surface area contributed by atoms with Gasteiger partial charge in [0.05, 0.1) is 38.4 Å². The van der Waals surface area contributed by atoms with E-state index in [1.807, 2.05) is 33.8 Å². The summed E-state index contributed by atoms with van der Waals surface area (Å²) in [6.45, 7) is 7.79. The van der Waals surface area contributed by atoms with Crippen LogP contribution in [0.1, 0.15) is 113 Å². The van der Waals surface area contributed by atoms with Crippen molar-refractivity contribution in [2.24, 2.45) is 10.8 Å². The van der Waals surface area contributed by atoms with Crippen LogP contribution in [0.25, 0.3) is 0 Å². The van der Waals surface area contributed by atoms with Crippen LogP contribution in [0.15, 0.2) is 94.7 Å². The van der Waals surface area contributed by atoms with Gasteiger partial charge in [0.25, 0.3) is 5.69 Å². The maximum Gasteiger partial charge on any atom is 0.269 e. The molecular formula is C44H54F2N2O8S2. The van der Waals surface area contributed by atoms with Gasteiger partial charge in [0.15, 0.2) is 19.7 Å². The minimum atomic E-state index is -3.81. The lowest BCUT2D eigenvalue weighted by atomic mass is 9.69. The highest BCUT2D eigenvalue weighted by Crippen LogP contribution is 2.50. The van der Waals surface area contributed by atoms with Crippen molar-refractivity contribution in [3.8, 4) is 0 Å². The molecule has 0 aliphatic carbocycles. The summed E-state index contributed by atoms with van der Waals surface area (Å²) in [5.74, 6) is -3.10. The van der Waals surface area contributed by atoms with Crippen LogP contribution in [-0.4, -0.2) is 55.7 Å². The molecule has 0 saturated heterocycles. The van der Waals surface area contributed by atoms with Crippen molar-refractivity contribution in [2.75, 3.05) is 17.2 Å². The van der Waals surface area contributed by atoms with E-state index in [4.69, 9.17) is 5.73 Å². The van der Waals surface area contributed by atoms with Gasteiger partial charge in [-0.1, -0.05) is 77.6 Å². The molecule has 0 amide bonds. The molecule has 0 fully saturated rings. The topological polar surface area (TPSA) is 178 Å². The Morgan fingerprint density at radius 2 is 1.12 bits per heavy atom. The molecule has 2 heterocycles. The van der Waals surface area contributed by atoms with Crippen LogP contribution in [0.5, 0.6) is 0 Å². The van der Waals surface area contributed by atoms with Crippen molar-refractivity contribution < 1.29 is 40.8 Å². The Labute approximate surface area is 340 Å². The van der Waals surface area contributed by atoms with Crippen molar-refractivity contribution in [1.29, 1.82) is 0 Å². The molecule has 6 atom stereocenters. The number of benzene rings is 4. The molecule has 4 aromatic rings. The number of halogens is 2. The first-order valence-electron chi connectivity index (χ1n) is 19.9. The minimum Gasteiger partial charge on any atom is -0.399 e. The molecule has 4 aromatic carbocycles. The molecular weight excluding hydrogens is 787 g/mol. The molecule has 2 aliphatic rings. The van der Waals surface area contributed by atoms with Crippen molar-refractivity contribution in [3.63, 3.8) is 0 Å². The summed E-state index contributed by atoms with van der Waals surface area (Å²) in [7, 11) is -7.49. The van der Waals surface area contributed by atoms with E-state index in [0.29, 0.717) is 48.1 Å². The van der Waals surface area contributed by atoms with Crippen LogP contribution >= 0.6 is 0 Å². The van der Waals surface area contributed by atoms with Gasteiger partial charge in [-0.2, -0.15) is 0 Å². The zero-order chi connectivity index (χ0) is 42.6. The number of sulfone groups is 2. The molecule has 6 rings (SSSR count). The number of nitro groups is 1. The van der Waals surface area contributed by atoms with Crippen molar-refractivity contribution in [1.82, 2.24) is 0 Å². The first kappa shape index (κ1) is 44.9. The van der Waals surface area contributed by atoms with Crippen LogP contribution < -0.4 is 5.73 Å². The van der Waals surface area contributed by atoms with Gasteiger partial charge < -0.3 is 15.9 Å². The Bertz CT molecular complexity index is 2340. The number of nitrogen functional groups attached to an aromatic ring is 1. The van der Waals surface area contributed by atoms with Crippen molar-refractivity contribution in [3.05, 3.63) is 129 Å². The number of anilines is 1. The molecule has 0 aromatic heterocycles. The van der Waals surface area contributed by atoms with Crippen LogP contribution in [0, 0.1) is 32.6 Å². The fraction of sp³-hybridized carbons (Fsp3) is 0.455. The quantitative estimate of drug-likeness (QED) is 0.0576. The Kier molecular flexibility index (Phi) is 13.9. The highest BCUT2D eigenvalue weighted by Gasteiger charge is 2.50. The summed E-state index contributed by atoms with van der Waals surface area (Å²) >= 11 is 0. The summed E-state index contributed by atoms with van der Waals surface area (Å²) in [5, 5.41) is 34.5. The summed E-state index contributed by atoms with van der Waals surface area (Å²) in [5.41, 5.74) is 6.12. The van der Waals surface area contributed by atoms with E-state index in [0.717, 1.165) is 37.8 Å². The highest BCUT2D eigenvalue weighted by molar-refractivity contribution is 7.91. The molecule has 58 heavy (non-hydrogen) atoms. The third-order valence-corrected chi connectivity index (χ3v) is 16.3. The molecule has 0 saturated carbocycles. The van der Waals surface area contributed by atoms with Crippen LogP contribution in [0.3, 0.4) is 0 Å². The lowest BCUT2D eigenvalue weighted by Crippen LogP contribution is -2.42. The average Bonchev–Trinajstić information content (AvgIpc) is 3.30. The van der Waals surface area contributed by atoms with Gasteiger partial charge in [-0.3, -0.25) is 10.1 Å². The lowest BCUT2D eigenvalue weighted by molar-refractivity contribution is -0.384. The van der Waals surface area contributed by atoms with Crippen molar-refractivity contribution >= 4 is 31.0 Å². The molecule has 0 spiro atoms. The fourth-order valence-electron chi connectivity index (χ4n) is 9.00. The number of aliphatic hydroxyl groups is 2. The number of hydrogen-bond donors (Lipinski definition) is 3. The Hall–Kier alpha value is -4.24. The van der Waals surface area contributed by atoms with Crippen LogP contribution in [0.2, 0.25) is 0 Å². The molecule has 2 aliphatic heterocycles. The van der Waals surface area contributed by atoms with Gasteiger partial charge in [0.1, 0.15) is 11.6 Å². The number of fused-ring (bicyclic) bond motifs is 2. The highest BCUT2D eigenvalue weighted by atomic mass is 32.2. The maximum absolute atomic E-state index is 14.2. The standard InChI is InChI=1S/C22H26FNO5S.C22H28FNO3S/c1-3-5-11-22(4-2)14-30(28,29)19-10-9-16(23)13-18(19)20(21(22)25)15-7-6-8-17(12-15)24(26)27;1-3-5-11-22(4-2)14-28(26,27)19-10-9-16(23)13-18(19)20(21(22)25)15-7-6-8-17(24)12-15/h6-10,12-13,20-21,25H,3-5,11,14H2,1-2H3;6-10,12-13,20-21,25H,3-5,11,14,24H2,1-2H3/t2*20-,21-,22-/m11/s1. The Morgan fingerprint density at radius 3 is 1.52 bits per heavy atom. The smallest absolute Gasteiger partial charge is 0.269 e. The third kappa shape index (κ3) is 9.00. The number of nitrogens with two attached hydrogens (primary N) is 1. The predicted octanol–water partition coefficient (Wildman–Crippen LogP) is 8.88. The number of non-ortho nitro benzene ring substituents is 1. The van der Waals surface area contributed by atoms with Gasteiger partial charge >= 0.3 is 0 Å². The first-order chi connectivity index (χ1) is 27.4. The first-order valence-corrected chi connectivity index (χ1v) is 23.2. The monoisotopic (exact) mass is 840 g/mol. The number of rotatable bonds is 11. The predicted molar refractivity (Wildman–Crippen MR) is 221 cm³/mol. The average molecular weight is 841 g/mol. The second-order valence-corrected chi connectivity index (χ2v) is 19.8. The number of unbranched alkanes of at least 4 members (excludes halogenated alkanes) is 2. The van der Waals surface area contributed by atoms with Gasteiger partial charge in [0, 0.05) is 40.5 Å². The number of aliphatic hydroxyl groups excluding tert-OH is 2. The van der Waals surface area contributed by atoms with Gasteiger partial charge in [-0.05, 0) is 96.5 Å². The molecule has 0 unspecified atom stereocenters. The largest absolute Gasteiger partial charge is 0.399 e. The van der Waals surface area contributed by atoms with E-state index in [1.54, 1.807) is 24.3 Å². The Morgan fingerprint density at radius 1 is 0.690 bits per heavy atom. The zero-order valence-corrected chi connectivity index (χ0v) is 35.0. The Balaban J connectivity index is 0.000000221. The van der Waals surface area contributed by atoms with Crippen LogP contribution in [0.4, 0.5) is 20.2 Å². The number of nitrogens with zero attached hydrogens (tertiary/aromatic N) is 1. The van der Waals surface area contributed by atoms with E-state index in [2.05, 4.69) is 0 Å². The normalized spacial score (nSPS) is 25.9. The number of hydrogen-bond acceptors (Lipinski definition) is 9. The fourth-order valence-corrected chi connectivity index (χ4v) is 13.5. The summed E-state index contributed by atoms with van der Waals surface area (Å²) < 4.78 is 81.5. The zero-order valence-electron chi connectivity index (χ0n) is 33.4. The molecule has 0 bridgehead atoms. The molecule has 4 N–H and O–H groups in total. The van der Waals surface area contributed by atoms with E-state index >= 15 is 0 Å². The minimum absolute atomic E-state index is 0.0220. The summed E-state index contributed by atoms with van der Waals surface area (Å²) in [6.07, 6.45) is 3.17. The molecule has 0 radical (unpaired) electrons. The molecule has 314 valence electrons. The summed E-state index contributed by atoms with van der Waals surface area (Å²) in [6, 6.07) is 20.1. The number of nitro benzene ring substituents is 1. The van der Waals surface area contributed by atoms with Gasteiger partial charge in [-0.25, -0.2) is 25.6 Å². The van der Waals surface area contributed by atoms with Gasteiger partial charge in [0.2, 0.25) is 0 Å². The van der Waals surface area contributed by atoms with Crippen molar-refractivity contribution in [2.45, 2.75) is 113 Å². The maximum atomic E-state index is 14.2. The molecule has 10 nitrogen and oxygen atoms in total. The van der Waals surface area contributed by atoms with E-state index in [1.165, 1.54) is 42.5 Å². The summed E-state index contributed by atoms with van der Waals surface area (Å²) in [4.78, 5) is 10.8. The second-order valence-electron chi connectivity index (χ2n) is 15.9. The van der Waals surface area contributed by atoms with Gasteiger partial charge in [-0.15, -0.1) is 0 Å². The molecule has 14 heteroatoms. The van der Waals surface area contributed by atoms with E-state index in [9.17, 15) is 45.9 Å². The lowest BCUT2D eigenvalue weighted by Gasteiger charge is -2.39. The SMILES string of the molecule is CCCC[C@]1(CC)CS(=O)(=O)c2ccc(F)cc2[C@@H](c2cccc(N)c2)[C@H]1O.CCCC[C@]1(CC)CS(=O)(=O)c2ccc(F)cc2[C@@H](c2cccc([N+](=O)[O-])c2)[C@H]1O. The second kappa shape index (κ2) is 17.9.